The van der Waals surface area contributed by atoms with Gasteiger partial charge in [-0.25, -0.2) is 4.79 Å². The zero-order valence-corrected chi connectivity index (χ0v) is 13.0. The number of ether oxygens (including phenoxy) is 1. The molecule has 0 aliphatic rings. The molecular formula is C15H12N4O4S. The number of carbonyl (C=O) groups excluding carboxylic acids is 1. The number of nitro groups is 1. The minimum absolute atomic E-state index is 0.0555. The average Bonchev–Trinajstić information content (AvgIpc) is 2.56. The van der Waals surface area contributed by atoms with Gasteiger partial charge in [0.15, 0.2) is 5.11 Å². The molecule has 0 saturated carbocycles. The maximum atomic E-state index is 12.0. The Morgan fingerprint density at radius 2 is 1.83 bits per heavy atom. The second kappa shape index (κ2) is 7.79. The zero-order valence-electron chi connectivity index (χ0n) is 12.2. The van der Waals surface area contributed by atoms with Crippen molar-refractivity contribution in [1.82, 2.24) is 5.43 Å². The molecule has 2 rings (SSSR count). The first-order valence-electron chi connectivity index (χ1n) is 6.61. The van der Waals surface area contributed by atoms with Gasteiger partial charge in [0.25, 0.3) is 5.69 Å². The molecule has 0 fully saturated rings. The Bertz CT molecular complexity index is 788. The molecule has 9 heteroatoms. The first-order valence-corrected chi connectivity index (χ1v) is 7.02. The summed E-state index contributed by atoms with van der Waals surface area (Å²) < 4.78 is 5.19. The minimum atomic E-state index is -0.610. The zero-order chi connectivity index (χ0) is 17.5. The van der Waals surface area contributed by atoms with Gasteiger partial charge in [-0.3, -0.25) is 15.5 Å². The van der Waals surface area contributed by atoms with Crippen molar-refractivity contribution in [2.45, 2.75) is 0 Å². The predicted molar refractivity (Wildman–Crippen MR) is 92.0 cm³/mol. The van der Waals surface area contributed by atoms with Gasteiger partial charge in [-0.05, 0) is 54.2 Å². The van der Waals surface area contributed by atoms with Crippen molar-refractivity contribution in [2.75, 3.05) is 0 Å². The number of carbonyl (C=O) groups is 1. The molecule has 8 nitrogen and oxygen atoms in total. The molecule has 3 N–H and O–H groups in total. The average molecular weight is 344 g/mol. The standard InChI is InChI=1S/C15H12N4O4S/c16-15(24)18-17-9-10-1-7-13(8-2-10)23-14(20)11-3-5-12(6-4-11)19(21)22/h1-9H,(H3,16,18,24)/b17-9+. The van der Waals surface area contributed by atoms with Gasteiger partial charge in [0, 0.05) is 12.1 Å². The van der Waals surface area contributed by atoms with Crippen LogP contribution >= 0.6 is 12.2 Å². The van der Waals surface area contributed by atoms with Gasteiger partial charge >= 0.3 is 5.97 Å². The van der Waals surface area contributed by atoms with Crippen LogP contribution in [0, 0.1) is 10.1 Å². The van der Waals surface area contributed by atoms with Crippen LogP contribution in [0.1, 0.15) is 15.9 Å². The number of hydrogen-bond donors (Lipinski definition) is 2. The highest BCUT2D eigenvalue weighted by molar-refractivity contribution is 7.80. The number of nitrogens with one attached hydrogen (secondary N) is 1. The van der Waals surface area contributed by atoms with E-state index in [2.05, 4.69) is 22.7 Å². The number of hydrogen-bond acceptors (Lipinski definition) is 6. The van der Waals surface area contributed by atoms with Gasteiger partial charge in [0.05, 0.1) is 16.7 Å². The Hall–Kier alpha value is -3.33. The Kier molecular flexibility index (Phi) is 5.53. The minimum Gasteiger partial charge on any atom is -0.423 e. The number of benzene rings is 2. The van der Waals surface area contributed by atoms with Gasteiger partial charge in [0.1, 0.15) is 5.75 Å². The number of nitrogens with zero attached hydrogens (tertiary/aromatic N) is 2. The molecule has 0 heterocycles. The Balaban J connectivity index is 2.00. The van der Waals surface area contributed by atoms with Crippen LogP contribution in [0.4, 0.5) is 5.69 Å². The van der Waals surface area contributed by atoms with Crippen LogP contribution in [0.15, 0.2) is 53.6 Å². The van der Waals surface area contributed by atoms with Crippen LogP contribution in [0.5, 0.6) is 5.75 Å². The Morgan fingerprint density at radius 3 is 2.38 bits per heavy atom. The number of rotatable bonds is 5. The third-order valence-corrected chi connectivity index (χ3v) is 2.88. The lowest BCUT2D eigenvalue weighted by Crippen LogP contribution is -2.23. The van der Waals surface area contributed by atoms with E-state index in [-0.39, 0.29) is 16.4 Å². The summed E-state index contributed by atoms with van der Waals surface area (Å²) >= 11 is 4.61. The molecule has 0 saturated heterocycles. The van der Waals surface area contributed by atoms with Crippen molar-refractivity contribution < 1.29 is 14.5 Å². The maximum absolute atomic E-state index is 12.0. The highest BCUT2D eigenvalue weighted by atomic mass is 32.1. The van der Waals surface area contributed by atoms with Crippen LogP contribution in [-0.4, -0.2) is 22.2 Å². The van der Waals surface area contributed by atoms with Crippen LogP contribution in [0.25, 0.3) is 0 Å². The van der Waals surface area contributed by atoms with E-state index in [1.807, 2.05) is 0 Å². The second-order valence-corrected chi connectivity index (χ2v) is 4.94. The fourth-order valence-electron chi connectivity index (χ4n) is 1.68. The fourth-order valence-corrected chi connectivity index (χ4v) is 1.73. The summed E-state index contributed by atoms with van der Waals surface area (Å²) in [5, 5.41) is 14.4. The molecule has 0 atom stereocenters. The molecule has 0 aliphatic carbocycles. The van der Waals surface area contributed by atoms with Crippen molar-refractivity contribution >= 4 is 35.2 Å². The number of thiocarbonyl (C=S) groups is 1. The Labute approximate surface area is 142 Å². The van der Waals surface area contributed by atoms with Crippen LogP contribution in [0.2, 0.25) is 0 Å². The summed E-state index contributed by atoms with van der Waals surface area (Å²) in [6.45, 7) is 0. The van der Waals surface area contributed by atoms with Crippen molar-refractivity contribution in [2.24, 2.45) is 10.8 Å². The molecule has 0 unspecified atom stereocenters. The van der Waals surface area contributed by atoms with E-state index in [9.17, 15) is 14.9 Å². The van der Waals surface area contributed by atoms with E-state index in [4.69, 9.17) is 10.5 Å². The largest absolute Gasteiger partial charge is 0.423 e. The van der Waals surface area contributed by atoms with Crippen molar-refractivity contribution in [3.05, 3.63) is 69.8 Å². The highest BCUT2D eigenvalue weighted by Gasteiger charge is 2.11. The molecule has 0 aromatic heterocycles. The molecular weight excluding hydrogens is 332 g/mol. The van der Waals surface area contributed by atoms with Gasteiger partial charge in [-0.1, -0.05) is 0 Å². The second-order valence-electron chi connectivity index (χ2n) is 4.50. The Morgan fingerprint density at radius 1 is 1.21 bits per heavy atom. The van der Waals surface area contributed by atoms with Crippen LogP contribution in [0.3, 0.4) is 0 Å². The van der Waals surface area contributed by atoms with Gasteiger partial charge in [-0.15, -0.1) is 0 Å². The van der Waals surface area contributed by atoms with Crippen LogP contribution in [-0.2, 0) is 0 Å². The van der Waals surface area contributed by atoms with E-state index in [0.717, 1.165) is 5.56 Å². The van der Waals surface area contributed by atoms with Crippen molar-refractivity contribution in [3.8, 4) is 5.75 Å². The van der Waals surface area contributed by atoms with E-state index in [0.29, 0.717) is 5.75 Å². The van der Waals surface area contributed by atoms with E-state index < -0.39 is 10.9 Å². The smallest absolute Gasteiger partial charge is 0.343 e. The van der Waals surface area contributed by atoms with Gasteiger partial charge < -0.3 is 10.5 Å². The van der Waals surface area contributed by atoms with E-state index in [1.54, 1.807) is 24.3 Å². The van der Waals surface area contributed by atoms with Gasteiger partial charge in [-0.2, -0.15) is 5.10 Å². The third kappa shape index (κ3) is 4.85. The molecule has 2 aromatic carbocycles. The summed E-state index contributed by atoms with van der Waals surface area (Å²) in [6, 6.07) is 11.7. The van der Waals surface area contributed by atoms with Crippen LogP contribution < -0.4 is 15.9 Å². The molecule has 24 heavy (non-hydrogen) atoms. The summed E-state index contributed by atoms with van der Waals surface area (Å²) in [7, 11) is 0. The summed E-state index contributed by atoms with van der Waals surface area (Å²) in [4.78, 5) is 22.0. The molecule has 2 aromatic rings. The van der Waals surface area contributed by atoms with Gasteiger partial charge in [0.2, 0.25) is 0 Å². The molecule has 122 valence electrons. The lowest BCUT2D eigenvalue weighted by atomic mass is 10.2. The number of non-ortho nitro benzene ring substituents is 1. The fraction of sp³-hybridized carbons (Fsp3) is 0. The number of nitrogens with two attached hydrogens (primary N) is 1. The molecule has 0 bridgehead atoms. The monoisotopic (exact) mass is 344 g/mol. The first-order chi connectivity index (χ1) is 11.5. The normalized spacial score (nSPS) is 10.3. The summed E-state index contributed by atoms with van der Waals surface area (Å²) in [5.41, 5.74) is 8.51. The quantitative estimate of drug-likeness (QED) is 0.212. The topological polar surface area (TPSA) is 120 Å². The predicted octanol–water partition coefficient (Wildman–Crippen LogP) is 1.98. The van der Waals surface area contributed by atoms with E-state index in [1.165, 1.54) is 30.5 Å². The molecule has 0 spiro atoms. The summed E-state index contributed by atoms with van der Waals surface area (Å²) in [5.74, 6) is -0.278. The SMILES string of the molecule is NC(=S)N/N=C/c1ccc(OC(=O)c2ccc([N+](=O)[O-])cc2)cc1. The summed E-state index contributed by atoms with van der Waals surface area (Å²) in [6.07, 6.45) is 1.50. The molecule has 0 amide bonds. The highest BCUT2D eigenvalue weighted by Crippen LogP contribution is 2.16. The maximum Gasteiger partial charge on any atom is 0.343 e. The van der Waals surface area contributed by atoms with Crippen molar-refractivity contribution in [3.63, 3.8) is 0 Å². The first kappa shape index (κ1) is 17.0. The number of esters is 1. The molecule has 0 aliphatic heterocycles. The molecule has 0 radical (unpaired) electrons. The van der Waals surface area contributed by atoms with E-state index >= 15 is 0 Å². The van der Waals surface area contributed by atoms with Crippen molar-refractivity contribution in [1.29, 1.82) is 0 Å². The third-order valence-electron chi connectivity index (χ3n) is 2.79. The number of hydrazone groups is 1. The lowest BCUT2D eigenvalue weighted by molar-refractivity contribution is -0.384. The number of nitro benzene ring substituents is 1. The lowest BCUT2D eigenvalue weighted by Gasteiger charge is -2.04.